The van der Waals surface area contributed by atoms with Crippen LogP contribution in [-0.4, -0.2) is 107 Å². The number of rotatable bonds is 16. The molecule has 2 fully saturated rings. The molecule has 29 heavy (non-hydrogen) atoms. The van der Waals surface area contributed by atoms with Crippen LogP contribution in [0.15, 0.2) is 0 Å². The molecule has 2 heterocycles. The van der Waals surface area contributed by atoms with Crippen molar-refractivity contribution in [3.63, 3.8) is 0 Å². The lowest BCUT2D eigenvalue weighted by Crippen LogP contribution is -2.53. The van der Waals surface area contributed by atoms with E-state index in [-0.39, 0.29) is 44.6 Å². The largest absolute Gasteiger partial charge is 0.388 e. The van der Waals surface area contributed by atoms with E-state index in [0.29, 0.717) is 19.8 Å². The maximum Gasteiger partial charge on any atom is 0.185 e. The highest BCUT2D eigenvalue weighted by molar-refractivity contribution is 4.84. The zero-order valence-electron chi connectivity index (χ0n) is 17.9. The number of ether oxygens (including phenoxy) is 7. The van der Waals surface area contributed by atoms with Crippen molar-refractivity contribution in [2.24, 2.45) is 5.92 Å². The fourth-order valence-electron chi connectivity index (χ4n) is 3.06. The highest BCUT2D eigenvalue weighted by Crippen LogP contribution is 2.26. The summed E-state index contributed by atoms with van der Waals surface area (Å²) >= 11 is 0. The summed E-state index contributed by atoms with van der Waals surface area (Å²) < 4.78 is 38.9. The summed E-state index contributed by atoms with van der Waals surface area (Å²) in [6.45, 7) is 6.96. The zero-order valence-corrected chi connectivity index (χ0v) is 17.9. The first-order chi connectivity index (χ1) is 14.0. The number of aliphatic hydroxyl groups is 2. The maximum absolute atomic E-state index is 10.1. The molecule has 0 saturated carbocycles. The third-order valence-corrected chi connectivity index (χ3v) is 4.84. The van der Waals surface area contributed by atoms with Crippen LogP contribution in [0.4, 0.5) is 0 Å². The van der Waals surface area contributed by atoms with Crippen molar-refractivity contribution in [2.75, 3.05) is 60.0 Å². The summed E-state index contributed by atoms with van der Waals surface area (Å²) in [7, 11) is 1.54. The molecule has 0 aromatic heterocycles. The Balaban J connectivity index is 1.76. The van der Waals surface area contributed by atoms with Gasteiger partial charge in [0.15, 0.2) is 6.29 Å². The van der Waals surface area contributed by atoms with Crippen molar-refractivity contribution in [3.05, 3.63) is 0 Å². The van der Waals surface area contributed by atoms with E-state index in [0.717, 1.165) is 19.4 Å². The van der Waals surface area contributed by atoms with Gasteiger partial charge in [0.05, 0.1) is 52.4 Å². The van der Waals surface area contributed by atoms with Crippen LogP contribution in [0.5, 0.6) is 0 Å². The van der Waals surface area contributed by atoms with E-state index in [1.165, 1.54) is 0 Å². The van der Waals surface area contributed by atoms with Gasteiger partial charge in [0.1, 0.15) is 24.4 Å². The molecule has 2 saturated heterocycles. The van der Waals surface area contributed by atoms with Gasteiger partial charge in [-0.1, -0.05) is 20.3 Å². The Labute approximate surface area is 173 Å². The van der Waals surface area contributed by atoms with E-state index < -0.39 is 24.6 Å². The van der Waals surface area contributed by atoms with E-state index in [1.807, 2.05) is 6.92 Å². The van der Waals surface area contributed by atoms with Crippen molar-refractivity contribution in [1.82, 2.24) is 0 Å². The van der Waals surface area contributed by atoms with Crippen molar-refractivity contribution < 1.29 is 43.4 Å². The maximum atomic E-state index is 10.1. The Morgan fingerprint density at radius 2 is 1.59 bits per heavy atom. The van der Waals surface area contributed by atoms with Crippen LogP contribution in [0.1, 0.15) is 26.7 Å². The van der Waals surface area contributed by atoms with Crippen LogP contribution in [0.3, 0.4) is 0 Å². The molecule has 7 atom stereocenters. The van der Waals surface area contributed by atoms with Crippen LogP contribution in [0.25, 0.3) is 0 Å². The van der Waals surface area contributed by atoms with Crippen LogP contribution >= 0.6 is 0 Å². The first-order valence-corrected chi connectivity index (χ1v) is 10.6. The molecule has 2 aliphatic heterocycles. The Morgan fingerprint density at radius 3 is 2.21 bits per heavy atom. The zero-order chi connectivity index (χ0) is 21.1. The van der Waals surface area contributed by atoms with Gasteiger partial charge in [-0.05, 0) is 6.42 Å². The minimum Gasteiger partial charge on any atom is -0.388 e. The van der Waals surface area contributed by atoms with Crippen LogP contribution in [0.2, 0.25) is 0 Å². The van der Waals surface area contributed by atoms with Crippen LogP contribution in [-0.2, 0) is 33.2 Å². The first-order valence-electron chi connectivity index (χ1n) is 10.6. The average Bonchev–Trinajstić information content (AvgIpc) is 3.53. The SMILES string of the molecule is CCCCOCC(O)COC1[C@H](OC)OCC(C)[C@H]1OCC(O)COCC1CO1. The van der Waals surface area contributed by atoms with Gasteiger partial charge in [-0.25, -0.2) is 0 Å². The van der Waals surface area contributed by atoms with Crippen molar-refractivity contribution in [3.8, 4) is 0 Å². The smallest absolute Gasteiger partial charge is 0.185 e. The Hall–Kier alpha value is -0.360. The van der Waals surface area contributed by atoms with Crippen LogP contribution < -0.4 is 0 Å². The van der Waals surface area contributed by atoms with E-state index in [4.69, 9.17) is 33.2 Å². The van der Waals surface area contributed by atoms with Crippen molar-refractivity contribution >= 4 is 0 Å². The molecule has 0 aromatic rings. The lowest BCUT2D eigenvalue weighted by atomic mass is 9.97. The molecule has 2 rings (SSSR count). The van der Waals surface area contributed by atoms with Gasteiger partial charge in [-0.15, -0.1) is 0 Å². The monoisotopic (exact) mass is 422 g/mol. The fraction of sp³-hybridized carbons (Fsp3) is 1.00. The molecule has 172 valence electrons. The highest BCUT2D eigenvalue weighted by Gasteiger charge is 2.41. The first kappa shape index (κ1) is 24.9. The van der Waals surface area contributed by atoms with Crippen LogP contribution in [0, 0.1) is 5.92 Å². The normalized spacial score (nSPS) is 31.6. The molecule has 9 nitrogen and oxygen atoms in total. The van der Waals surface area contributed by atoms with Gasteiger partial charge in [0.25, 0.3) is 0 Å². The van der Waals surface area contributed by atoms with E-state index in [2.05, 4.69) is 6.92 Å². The molecule has 2 N–H and O–H groups in total. The van der Waals surface area contributed by atoms with Crippen molar-refractivity contribution in [1.29, 1.82) is 0 Å². The number of hydrogen-bond acceptors (Lipinski definition) is 9. The quantitative estimate of drug-likeness (QED) is 0.269. The third kappa shape index (κ3) is 9.54. The molecule has 9 heteroatoms. The second-order valence-electron chi connectivity index (χ2n) is 7.74. The highest BCUT2D eigenvalue weighted by atomic mass is 16.7. The molecule has 0 aromatic carbocycles. The molecule has 5 unspecified atom stereocenters. The standard InChI is InChI=1S/C20H38O9/c1-4-5-6-24-8-15(21)11-28-19-18(14(2)7-29-20(19)23-3)27-10-16(22)9-25-12-17-13-26-17/h14-22H,4-13H2,1-3H3/t14?,15?,16?,17?,18-,19?,20-/m1/s1. The molecule has 0 amide bonds. The van der Waals surface area contributed by atoms with Gasteiger partial charge in [-0.2, -0.15) is 0 Å². The lowest BCUT2D eigenvalue weighted by Gasteiger charge is -2.41. The summed E-state index contributed by atoms with van der Waals surface area (Å²) in [4.78, 5) is 0. The third-order valence-electron chi connectivity index (χ3n) is 4.84. The Morgan fingerprint density at radius 1 is 0.931 bits per heavy atom. The summed E-state index contributed by atoms with van der Waals surface area (Å²) in [5.74, 6) is 0.0392. The summed E-state index contributed by atoms with van der Waals surface area (Å²) in [6.07, 6.45) is -0.799. The molecule has 2 aliphatic rings. The minimum atomic E-state index is -0.747. The molecular weight excluding hydrogens is 384 g/mol. The number of methoxy groups -OCH3 is 1. The molecular formula is C20H38O9. The van der Waals surface area contributed by atoms with Crippen molar-refractivity contribution in [2.45, 2.75) is 63.5 Å². The molecule has 0 bridgehead atoms. The second kappa shape index (κ2) is 13.8. The summed E-state index contributed by atoms with van der Waals surface area (Å²) in [6, 6.07) is 0. The minimum absolute atomic E-state index is 0.0392. The van der Waals surface area contributed by atoms with E-state index in [1.54, 1.807) is 7.11 Å². The van der Waals surface area contributed by atoms with Gasteiger partial charge in [0.2, 0.25) is 0 Å². The Bertz CT molecular complexity index is 421. The van der Waals surface area contributed by atoms with E-state index >= 15 is 0 Å². The fourth-order valence-corrected chi connectivity index (χ4v) is 3.06. The van der Waals surface area contributed by atoms with Gasteiger partial charge < -0.3 is 43.4 Å². The number of epoxide rings is 1. The van der Waals surface area contributed by atoms with Gasteiger partial charge in [0, 0.05) is 19.6 Å². The molecule has 0 aliphatic carbocycles. The summed E-state index contributed by atoms with van der Waals surface area (Å²) in [5.41, 5.74) is 0. The predicted octanol–water partition coefficient (Wildman–Crippen LogP) is 0.350. The van der Waals surface area contributed by atoms with E-state index in [9.17, 15) is 10.2 Å². The predicted molar refractivity (Wildman–Crippen MR) is 104 cm³/mol. The van der Waals surface area contributed by atoms with Gasteiger partial charge >= 0.3 is 0 Å². The topological polar surface area (TPSA) is 108 Å². The number of hydrogen-bond donors (Lipinski definition) is 2. The Kier molecular flexibility index (Phi) is 11.9. The average molecular weight is 423 g/mol. The second-order valence-corrected chi connectivity index (χ2v) is 7.74. The summed E-state index contributed by atoms with van der Waals surface area (Å²) in [5, 5.41) is 20.2. The molecule has 0 spiro atoms. The number of unbranched alkanes of at least 4 members (excludes halogenated alkanes) is 1. The van der Waals surface area contributed by atoms with Gasteiger partial charge in [-0.3, -0.25) is 0 Å². The number of aliphatic hydroxyl groups excluding tert-OH is 2. The molecule has 0 radical (unpaired) electrons. The lowest BCUT2D eigenvalue weighted by molar-refractivity contribution is -0.276.